The predicted molar refractivity (Wildman–Crippen MR) is 89.2 cm³/mol. The molecule has 8 heteroatoms. The van der Waals surface area contributed by atoms with Crippen LogP contribution in [0.3, 0.4) is 0 Å². The number of nitro groups is 1. The third kappa shape index (κ3) is 4.57. The van der Waals surface area contributed by atoms with E-state index in [9.17, 15) is 23.7 Å². The van der Waals surface area contributed by atoms with Gasteiger partial charge in [0.15, 0.2) is 11.6 Å². The molecule has 0 aliphatic carbocycles. The van der Waals surface area contributed by atoms with Crippen LogP contribution >= 0.6 is 0 Å². The fourth-order valence-corrected chi connectivity index (χ4v) is 2.30. The number of hydrogen-bond acceptors (Lipinski definition) is 4. The summed E-state index contributed by atoms with van der Waals surface area (Å²) in [6.07, 6.45) is 0. The molecule has 2 aromatic carbocycles. The summed E-state index contributed by atoms with van der Waals surface area (Å²) in [7, 11) is 0. The van der Waals surface area contributed by atoms with E-state index in [0.29, 0.717) is 11.1 Å². The highest BCUT2D eigenvalue weighted by atomic mass is 19.2. The largest absolute Gasteiger partial charge is 0.319 e. The van der Waals surface area contributed by atoms with Crippen LogP contribution in [-0.2, 0) is 4.79 Å². The Kier molecular flexibility index (Phi) is 5.76. The van der Waals surface area contributed by atoms with Crippen molar-refractivity contribution in [1.29, 1.82) is 0 Å². The first-order chi connectivity index (χ1) is 11.8. The van der Waals surface area contributed by atoms with E-state index in [4.69, 9.17) is 0 Å². The van der Waals surface area contributed by atoms with Crippen molar-refractivity contribution in [3.05, 3.63) is 69.3 Å². The molecule has 0 spiro atoms. The van der Waals surface area contributed by atoms with Crippen LogP contribution in [0.25, 0.3) is 0 Å². The quantitative estimate of drug-likeness (QED) is 0.618. The molecule has 1 amide bonds. The van der Waals surface area contributed by atoms with Gasteiger partial charge in [0.2, 0.25) is 5.91 Å². The number of amides is 1. The smallest absolute Gasteiger partial charge is 0.293 e. The number of nitro benzene ring substituents is 1. The lowest BCUT2D eigenvalue weighted by Crippen LogP contribution is -2.30. The van der Waals surface area contributed by atoms with E-state index in [0.717, 1.165) is 12.1 Å². The Hall–Kier alpha value is -2.87. The molecule has 0 bridgehead atoms. The lowest BCUT2D eigenvalue weighted by Gasteiger charge is -2.15. The van der Waals surface area contributed by atoms with Gasteiger partial charge in [0.05, 0.1) is 11.5 Å². The molecule has 0 fully saturated rings. The van der Waals surface area contributed by atoms with Crippen molar-refractivity contribution in [2.45, 2.75) is 19.9 Å². The maximum Gasteiger partial charge on any atom is 0.293 e. The number of para-hydroxylation sites is 1. The number of halogens is 2. The molecule has 0 saturated carbocycles. The Morgan fingerprint density at radius 2 is 1.96 bits per heavy atom. The maximum atomic E-state index is 13.2. The Morgan fingerprint density at radius 1 is 1.24 bits per heavy atom. The van der Waals surface area contributed by atoms with Gasteiger partial charge in [0, 0.05) is 12.1 Å². The van der Waals surface area contributed by atoms with Crippen LogP contribution in [0.4, 0.5) is 20.2 Å². The van der Waals surface area contributed by atoms with Gasteiger partial charge in [-0.05, 0) is 37.1 Å². The van der Waals surface area contributed by atoms with Gasteiger partial charge < -0.3 is 10.6 Å². The molecule has 0 aliphatic heterocycles. The molecule has 2 rings (SSSR count). The fourth-order valence-electron chi connectivity index (χ4n) is 2.30. The number of hydrogen-bond donors (Lipinski definition) is 2. The van der Waals surface area contributed by atoms with Crippen molar-refractivity contribution < 1.29 is 18.5 Å². The maximum absolute atomic E-state index is 13.2. The average Bonchev–Trinajstić information content (AvgIpc) is 2.56. The Labute approximate surface area is 143 Å². The van der Waals surface area contributed by atoms with Crippen LogP contribution in [0.15, 0.2) is 36.4 Å². The minimum absolute atomic E-state index is 0.139. The van der Waals surface area contributed by atoms with Gasteiger partial charge in [-0.1, -0.05) is 18.2 Å². The SMILES string of the molecule is Cc1cccc([N+](=O)[O-])c1NC(=O)CN[C@@H](C)c1ccc(F)c(F)c1. The van der Waals surface area contributed by atoms with Crippen molar-refractivity contribution in [2.24, 2.45) is 0 Å². The molecule has 2 aromatic rings. The van der Waals surface area contributed by atoms with Crippen LogP contribution in [0.2, 0.25) is 0 Å². The molecule has 0 aromatic heterocycles. The molecule has 6 nitrogen and oxygen atoms in total. The second-order valence-corrected chi connectivity index (χ2v) is 5.55. The molecule has 0 unspecified atom stereocenters. The summed E-state index contributed by atoms with van der Waals surface area (Å²) in [5.74, 6) is -2.39. The predicted octanol–water partition coefficient (Wildman–Crippen LogP) is 3.47. The second kappa shape index (κ2) is 7.80. The molecule has 25 heavy (non-hydrogen) atoms. The number of nitrogens with one attached hydrogen (secondary N) is 2. The Morgan fingerprint density at radius 3 is 2.60 bits per heavy atom. The third-order valence-electron chi connectivity index (χ3n) is 3.72. The number of anilines is 1. The fraction of sp³-hybridized carbons (Fsp3) is 0.235. The zero-order chi connectivity index (χ0) is 18.6. The van der Waals surface area contributed by atoms with Crippen molar-refractivity contribution in [3.63, 3.8) is 0 Å². The van der Waals surface area contributed by atoms with Gasteiger partial charge in [-0.3, -0.25) is 14.9 Å². The lowest BCUT2D eigenvalue weighted by molar-refractivity contribution is -0.384. The Bertz CT molecular complexity index is 812. The summed E-state index contributed by atoms with van der Waals surface area (Å²) in [4.78, 5) is 22.5. The number of aryl methyl sites for hydroxylation is 1. The number of benzene rings is 2. The molecule has 0 aliphatic rings. The first-order valence-electron chi connectivity index (χ1n) is 7.51. The average molecular weight is 349 g/mol. The Balaban J connectivity index is 2.01. The van der Waals surface area contributed by atoms with Crippen LogP contribution in [-0.4, -0.2) is 17.4 Å². The second-order valence-electron chi connectivity index (χ2n) is 5.55. The van der Waals surface area contributed by atoms with E-state index in [1.165, 1.54) is 18.2 Å². The van der Waals surface area contributed by atoms with E-state index < -0.39 is 28.5 Å². The first kappa shape index (κ1) is 18.5. The minimum Gasteiger partial charge on any atom is -0.319 e. The van der Waals surface area contributed by atoms with Gasteiger partial charge in [-0.2, -0.15) is 0 Å². The first-order valence-corrected chi connectivity index (χ1v) is 7.51. The summed E-state index contributed by atoms with van der Waals surface area (Å²) >= 11 is 0. The highest BCUT2D eigenvalue weighted by Crippen LogP contribution is 2.27. The topological polar surface area (TPSA) is 84.3 Å². The number of carbonyl (C=O) groups is 1. The summed E-state index contributed by atoms with van der Waals surface area (Å²) in [5.41, 5.74) is 0.992. The van der Waals surface area contributed by atoms with Crippen LogP contribution < -0.4 is 10.6 Å². The molecular weight excluding hydrogens is 332 g/mol. The highest BCUT2D eigenvalue weighted by Gasteiger charge is 2.18. The zero-order valence-corrected chi connectivity index (χ0v) is 13.7. The number of nitrogens with zero attached hydrogens (tertiary/aromatic N) is 1. The summed E-state index contributed by atoms with van der Waals surface area (Å²) < 4.78 is 26.2. The molecule has 132 valence electrons. The third-order valence-corrected chi connectivity index (χ3v) is 3.72. The van der Waals surface area contributed by atoms with Gasteiger partial charge in [0.25, 0.3) is 5.69 Å². The van der Waals surface area contributed by atoms with Gasteiger partial charge in [0.1, 0.15) is 5.69 Å². The molecule has 0 saturated heterocycles. The molecule has 2 N–H and O–H groups in total. The van der Waals surface area contributed by atoms with E-state index in [1.807, 2.05) is 0 Å². The van der Waals surface area contributed by atoms with Crippen molar-refractivity contribution in [2.75, 3.05) is 11.9 Å². The molecule has 0 radical (unpaired) electrons. The minimum atomic E-state index is -0.967. The zero-order valence-electron chi connectivity index (χ0n) is 13.7. The molecule has 1 atom stereocenters. The van der Waals surface area contributed by atoms with Crippen molar-refractivity contribution >= 4 is 17.3 Å². The van der Waals surface area contributed by atoms with E-state index in [2.05, 4.69) is 10.6 Å². The summed E-state index contributed by atoms with van der Waals surface area (Å²) in [6, 6.07) is 7.57. The van der Waals surface area contributed by atoms with Gasteiger partial charge in [-0.15, -0.1) is 0 Å². The van der Waals surface area contributed by atoms with E-state index in [1.54, 1.807) is 19.9 Å². The van der Waals surface area contributed by atoms with E-state index >= 15 is 0 Å². The molecular formula is C17H17F2N3O3. The normalized spacial score (nSPS) is 11.8. The van der Waals surface area contributed by atoms with Gasteiger partial charge >= 0.3 is 0 Å². The van der Waals surface area contributed by atoms with Crippen LogP contribution in [0, 0.1) is 28.7 Å². The van der Waals surface area contributed by atoms with Gasteiger partial charge in [-0.25, -0.2) is 8.78 Å². The standard InChI is InChI=1S/C17H17F2N3O3/c1-10-4-3-5-15(22(24)25)17(10)21-16(23)9-20-11(2)12-6-7-13(18)14(19)8-12/h3-8,11,20H,9H2,1-2H3,(H,21,23)/t11-/m0/s1. The van der Waals surface area contributed by atoms with Crippen LogP contribution in [0.5, 0.6) is 0 Å². The van der Waals surface area contributed by atoms with E-state index in [-0.39, 0.29) is 17.9 Å². The number of rotatable bonds is 6. The summed E-state index contributed by atoms with van der Waals surface area (Å²) in [6.45, 7) is 3.20. The lowest BCUT2D eigenvalue weighted by atomic mass is 10.1. The monoisotopic (exact) mass is 349 g/mol. The van der Waals surface area contributed by atoms with Crippen molar-refractivity contribution in [1.82, 2.24) is 5.32 Å². The van der Waals surface area contributed by atoms with Crippen molar-refractivity contribution in [3.8, 4) is 0 Å². The number of carbonyl (C=O) groups excluding carboxylic acids is 1. The molecule has 0 heterocycles. The van der Waals surface area contributed by atoms with Crippen LogP contribution in [0.1, 0.15) is 24.1 Å². The highest BCUT2D eigenvalue weighted by molar-refractivity contribution is 5.95. The summed E-state index contributed by atoms with van der Waals surface area (Å²) in [5, 5.41) is 16.4.